The summed E-state index contributed by atoms with van der Waals surface area (Å²) in [5.41, 5.74) is 0. The average Bonchev–Trinajstić information content (AvgIpc) is 2.68. The molecule has 8 nitrogen and oxygen atoms in total. The minimum Gasteiger partial charge on any atom is -0.450 e. The topological polar surface area (TPSA) is 86.3 Å². The molecule has 0 atom stereocenters. The summed E-state index contributed by atoms with van der Waals surface area (Å²) in [4.78, 5) is 32.4. The molecule has 2 amide bonds. The van der Waals surface area contributed by atoms with Crippen LogP contribution < -0.4 is 10.6 Å². The Bertz CT molecular complexity index is 498. The van der Waals surface area contributed by atoms with Crippen molar-refractivity contribution in [2.75, 3.05) is 45.9 Å². The minimum atomic E-state index is -0.251. The largest absolute Gasteiger partial charge is 0.450 e. The van der Waals surface area contributed by atoms with Crippen molar-refractivity contribution in [1.29, 1.82) is 0 Å². The van der Waals surface area contributed by atoms with Crippen molar-refractivity contribution in [2.24, 2.45) is 4.99 Å². The van der Waals surface area contributed by atoms with Crippen molar-refractivity contribution in [3.63, 3.8) is 0 Å². The number of hydrogen-bond donors (Lipinski definition) is 2. The van der Waals surface area contributed by atoms with Crippen LogP contribution in [-0.2, 0) is 9.53 Å². The van der Waals surface area contributed by atoms with E-state index in [1.807, 2.05) is 13.8 Å². The second-order valence-electron chi connectivity index (χ2n) is 7.06. The average molecular weight is 382 g/mol. The maximum atomic E-state index is 12.1. The van der Waals surface area contributed by atoms with Gasteiger partial charge in [0.15, 0.2) is 5.96 Å². The number of rotatable bonds is 6. The molecule has 1 aliphatic carbocycles. The van der Waals surface area contributed by atoms with Crippen molar-refractivity contribution in [3.8, 4) is 0 Å². The summed E-state index contributed by atoms with van der Waals surface area (Å²) in [6, 6.07) is 0.347. The predicted molar refractivity (Wildman–Crippen MR) is 106 cm³/mol. The Morgan fingerprint density at radius 3 is 2.33 bits per heavy atom. The van der Waals surface area contributed by atoms with E-state index in [0.29, 0.717) is 51.8 Å². The van der Waals surface area contributed by atoms with Crippen LogP contribution in [0.15, 0.2) is 4.99 Å². The minimum absolute atomic E-state index is 0.0913. The van der Waals surface area contributed by atoms with E-state index in [2.05, 4.69) is 20.5 Å². The Hall–Kier alpha value is -1.99. The number of piperazine rings is 1. The highest BCUT2D eigenvalue weighted by atomic mass is 16.6. The first-order valence-electron chi connectivity index (χ1n) is 10.4. The van der Waals surface area contributed by atoms with Gasteiger partial charge in [0.05, 0.1) is 13.2 Å². The molecule has 0 spiro atoms. The fourth-order valence-corrected chi connectivity index (χ4v) is 3.55. The number of hydrogen-bond acceptors (Lipinski definition) is 4. The Labute approximate surface area is 162 Å². The number of carbonyl (C=O) groups excluding carboxylic acids is 2. The van der Waals surface area contributed by atoms with E-state index in [-0.39, 0.29) is 12.0 Å². The molecule has 0 radical (unpaired) electrons. The van der Waals surface area contributed by atoms with Gasteiger partial charge in [-0.05, 0) is 26.7 Å². The molecule has 0 bridgehead atoms. The molecule has 0 aromatic rings. The molecule has 8 heteroatoms. The van der Waals surface area contributed by atoms with Crippen molar-refractivity contribution in [2.45, 2.75) is 58.4 Å². The maximum Gasteiger partial charge on any atom is 0.409 e. The predicted octanol–water partition coefficient (Wildman–Crippen LogP) is 1.57. The highest BCUT2D eigenvalue weighted by Gasteiger charge is 2.23. The number of ether oxygens (including phenoxy) is 1. The first-order valence-corrected chi connectivity index (χ1v) is 10.4. The van der Waals surface area contributed by atoms with Gasteiger partial charge in [-0.15, -0.1) is 0 Å². The fourth-order valence-electron chi connectivity index (χ4n) is 3.55. The second-order valence-corrected chi connectivity index (χ2v) is 7.06. The van der Waals surface area contributed by atoms with Crippen LogP contribution >= 0.6 is 0 Å². The zero-order chi connectivity index (χ0) is 19.5. The number of guanidine groups is 1. The number of nitrogens with one attached hydrogen (secondary N) is 2. The van der Waals surface area contributed by atoms with E-state index in [9.17, 15) is 9.59 Å². The van der Waals surface area contributed by atoms with E-state index < -0.39 is 0 Å². The Morgan fingerprint density at radius 2 is 1.70 bits per heavy atom. The van der Waals surface area contributed by atoms with Crippen LogP contribution in [0.3, 0.4) is 0 Å². The van der Waals surface area contributed by atoms with Gasteiger partial charge in [0.25, 0.3) is 0 Å². The van der Waals surface area contributed by atoms with Gasteiger partial charge in [-0.2, -0.15) is 0 Å². The lowest BCUT2D eigenvalue weighted by atomic mass is 9.95. The van der Waals surface area contributed by atoms with Gasteiger partial charge >= 0.3 is 6.09 Å². The van der Waals surface area contributed by atoms with Crippen LogP contribution in [-0.4, -0.2) is 79.7 Å². The quantitative estimate of drug-likeness (QED) is 0.539. The van der Waals surface area contributed by atoms with E-state index in [1.165, 1.54) is 19.3 Å². The molecule has 2 N–H and O–H groups in total. The zero-order valence-electron chi connectivity index (χ0n) is 16.8. The molecule has 1 aliphatic heterocycles. The Morgan fingerprint density at radius 1 is 1.04 bits per heavy atom. The summed E-state index contributed by atoms with van der Waals surface area (Å²) in [6.07, 6.45) is 6.07. The van der Waals surface area contributed by atoms with Crippen LogP contribution in [0.2, 0.25) is 0 Å². The lowest BCUT2D eigenvalue weighted by Gasteiger charge is -2.35. The molecule has 27 heavy (non-hydrogen) atoms. The van der Waals surface area contributed by atoms with Crippen molar-refractivity contribution in [1.82, 2.24) is 20.4 Å². The van der Waals surface area contributed by atoms with Crippen LogP contribution in [0.1, 0.15) is 52.4 Å². The second kappa shape index (κ2) is 11.7. The van der Waals surface area contributed by atoms with Crippen LogP contribution in [0.4, 0.5) is 4.79 Å². The number of carbonyl (C=O) groups is 2. The number of amides is 2. The third kappa shape index (κ3) is 7.27. The van der Waals surface area contributed by atoms with E-state index in [4.69, 9.17) is 4.74 Å². The van der Waals surface area contributed by atoms with Gasteiger partial charge in [-0.25, -0.2) is 4.79 Å². The third-order valence-electron chi connectivity index (χ3n) is 5.01. The summed E-state index contributed by atoms with van der Waals surface area (Å²) in [7, 11) is 0. The SMILES string of the molecule is CCNC(=NCCC(=O)NC1CCCCC1)N1CCN(C(=O)OCC)CC1. The molecule has 154 valence electrons. The summed E-state index contributed by atoms with van der Waals surface area (Å²) >= 11 is 0. The summed E-state index contributed by atoms with van der Waals surface area (Å²) in [5, 5.41) is 6.42. The lowest BCUT2D eigenvalue weighted by molar-refractivity contribution is -0.121. The summed E-state index contributed by atoms with van der Waals surface area (Å²) < 4.78 is 5.06. The molecule has 1 heterocycles. The van der Waals surface area contributed by atoms with Crippen molar-refractivity contribution < 1.29 is 14.3 Å². The lowest BCUT2D eigenvalue weighted by Crippen LogP contribution is -2.54. The molecule has 2 rings (SSSR count). The molecular weight excluding hydrogens is 346 g/mol. The third-order valence-corrected chi connectivity index (χ3v) is 5.01. The molecule has 1 saturated carbocycles. The highest BCUT2D eigenvalue weighted by molar-refractivity contribution is 5.81. The van der Waals surface area contributed by atoms with Gasteiger partial charge < -0.3 is 25.2 Å². The van der Waals surface area contributed by atoms with Gasteiger partial charge in [0.1, 0.15) is 0 Å². The zero-order valence-corrected chi connectivity index (χ0v) is 16.8. The first kappa shape index (κ1) is 21.3. The molecule has 2 aliphatic rings. The van der Waals surface area contributed by atoms with Gasteiger partial charge in [0.2, 0.25) is 5.91 Å². The maximum absolute atomic E-state index is 12.1. The highest BCUT2D eigenvalue weighted by Crippen LogP contribution is 2.17. The molecule has 0 unspecified atom stereocenters. The monoisotopic (exact) mass is 381 g/mol. The summed E-state index contributed by atoms with van der Waals surface area (Å²) in [6.45, 7) is 8.12. The van der Waals surface area contributed by atoms with Crippen LogP contribution in [0.5, 0.6) is 0 Å². The van der Waals surface area contributed by atoms with E-state index in [1.54, 1.807) is 4.90 Å². The van der Waals surface area contributed by atoms with Gasteiger partial charge in [-0.3, -0.25) is 9.79 Å². The normalized spacial score (nSPS) is 19.0. The summed E-state index contributed by atoms with van der Waals surface area (Å²) in [5.74, 6) is 0.903. The fraction of sp³-hybridized carbons (Fsp3) is 0.842. The molecule has 0 aromatic carbocycles. The molecule has 1 saturated heterocycles. The van der Waals surface area contributed by atoms with Crippen molar-refractivity contribution >= 4 is 18.0 Å². The Kier molecular flexibility index (Phi) is 9.21. The number of nitrogens with zero attached hydrogens (tertiary/aromatic N) is 3. The van der Waals surface area contributed by atoms with E-state index >= 15 is 0 Å². The molecule has 2 fully saturated rings. The van der Waals surface area contributed by atoms with Gasteiger partial charge in [-0.1, -0.05) is 19.3 Å². The standard InChI is InChI=1S/C19H35N5O3/c1-3-20-18(23-12-14-24(15-13-23)19(26)27-4-2)21-11-10-17(25)22-16-8-6-5-7-9-16/h16H,3-15H2,1-2H3,(H,20,21)(H,22,25). The Balaban J connectivity index is 1.76. The van der Waals surface area contributed by atoms with Gasteiger partial charge in [0, 0.05) is 45.2 Å². The van der Waals surface area contributed by atoms with E-state index in [0.717, 1.165) is 25.3 Å². The van der Waals surface area contributed by atoms with Crippen LogP contribution in [0.25, 0.3) is 0 Å². The first-order chi connectivity index (χ1) is 13.1. The molecule has 0 aromatic heterocycles. The molecular formula is C19H35N5O3. The van der Waals surface area contributed by atoms with Crippen LogP contribution in [0, 0.1) is 0 Å². The number of aliphatic imine (C=N–C) groups is 1. The van der Waals surface area contributed by atoms with Crippen molar-refractivity contribution in [3.05, 3.63) is 0 Å². The smallest absolute Gasteiger partial charge is 0.409 e.